The molecule has 186 valence electrons. The van der Waals surface area contributed by atoms with Crippen molar-refractivity contribution in [2.45, 2.75) is 45.0 Å². The van der Waals surface area contributed by atoms with Gasteiger partial charge in [-0.2, -0.15) is 0 Å². The van der Waals surface area contributed by atoms with E-state index in [1.807, 2.05) is 13.8 Å². The van der Waals surface area contributed by atoms with Crippen molar-refractivity contribution in [3.8, 4) is 0 Å². The van der Waals surface area contributed by atoms with Crippen molar-refractivity contribution in [1.29, 1.82) is 0 Å². The maximum absolute atomic E-state index is 14.1. The molecule has 0 radical (unpaired) electrons. The Hall–Kier alpha value is -2.92. The smallest absolute Gasteiger partial charge is 0.303 e. The van der Waals surface area contributed by atoms with Gasteiger partial charge in [0, 0.05) is 25.1 Å². The van der Waals surface area contributed by atoms with Crippen LogP contribution in [0.25, 0.3) is 0 Å². The van der Waals surface area contributed by atoms with Gasteiger partial charge in [-0.1, -0.05) is 25.4 Å². The van der Waals surface area contributed by atoms with Crippen molar-refractivity contribution in [3.63, 3.8) is 0 Å². The Balaban J connectivity index is 1.90. The first-order valence-electron chi connectivity index (χ1n) is 10.7. The van der Waals surface area contributed by atoms with Crippen molar-refractivity contribution in [2.24, 2.45) is 5.92 Å². The molecule has 34 heavy (non-hydrogen) atoms. The summed E-state index contributed by atoms with van der Waals surface area (Å²) in [4.78, 5) is 36.6. The molecule has 3 rings (SSSR count). The first-order valence-corrected chi connectivity index (χ1v) is 11.1. The van der Waals surface area contributed by atoms with Crippen molar-refractivity contribution < 1.29 is 32.6 Å². The van der Waals surface area contributed by atoms with Gasteiger partial charge in [0.05, 0.1) is 5.54 Å². The van der Waals surface area contributed by atoms with Gasteiger partial charge in [0.1, 0.15) is 23.9 Å². The number of nitrogens with one attached hydrogen (secondary N) is 4. The van der Waals surface area contributed by atoms with E-state index < -0.39 is 47.2 Å². The Morgan fingerprint density at radius 1 is 1.26 bits per heavy atom. The van der Waals surface area contributed by atoms with E-state index in [1.54, 1.807) is 0 Å². The van der Waals surface area contributed by atoms with Crippen LogP contribution in [-0.2, 0) is 30.5 Å². The maximum atomic E-state index is 14.1. The van der Waals surface area contributed by atoms with E-state index in [-0.39, 0.29) is 35.5 Å². The number of amides is 2. The highest BCUT2D eigenvalue weighted by atomic mass is 35.5. The summed E-state index contributed by atoms with van der Waals surface area (Å²) in [6.45, 7) is 4.87. The largest absolute Gasteiger partial charge is 0.473 e. The molecule has 12 heteroatoms. The lowest BCUT2D eigenvalue weighted by Crippen LogP contribution is -2.81. The molecule has 2 heterocycles. The number of carbonyl (C=O) groups excluding carboxylic acids is 3. The number of hydrogen-bond acceptors (Lipinski definition) is 7. The number of esters is 1. The van der Waals surface area contributed by atoms with Crippen LogP contribution in [0, 0.1) is 17.6 Å². The van der Waals surface area contributed by atoms with Gasteiger partial charge in [-0.15, -0.1) is 0 Å². The molecule has 1 unspecified atom stereocenters. The molecule has 2 aliphatic heterocycles. The number of rotatable bonds is 8. The minimum absolute atomic E-state index is 0.0632. The molecule has 2 atom stereocenters. The highest BCUT2D eigenvalue weighted by Crippen LogP contribution is 2.37. The van der Waals surface area contributed by atoms with E-state index in [1.165, 1.54) is 13.0 Å². The average Bonchev–Trinajstić information content (AvgIpc) is 3.24. The molecule has 1 fully saturated rings. The number of halogens is 3. The monoisotopic (exact) mass is 500 g/mol. The van der Waals surface area contributed by atoms with Gasteiger partial charge in [0.2, 0.25) is 5.88 Å². The molecule has 0 spiro atoms. The van der Waals surface area contributed by atoms with E-state index in [9.17, 15) is 23.2 Å². The van der Waals surface area contributed by atoms with Crippen molar-refractivity contribution in [2.75, 3.05) is 19.7 Å². The predicted octanol–water partition coefficient (Wildman–Crippen LogP) is 1.37. The van der Waals surface area contributed by atoms with Crippen LogP contribution in [0.3, 0.4) is 0 Å². The fourth-order valence-electron chi connectivity index (χ4n) is 4.27. The summed E-state index contributed by atoms with van der Waals surface area (Å²) in [5.74, 6) is -3.75. The lowest BCUT2D eigenvalue weighted by Gasteiger charge is -2.53. The SMILES string of the molecule is CC(=O)OCC(=O)N[C@@]1(C2(C(C)C)NC(=O)C(Cl)=C(OCc3ccc(F)cc3F)N2)CCNC1. The van der Waals surface area contributed by atoms with Gasteiger partial charge >= 0.3 is 5.97 Å². The molecule has 1 aromatic carbocycles. The lowest BCUT2D eigenvalue weighted by atomic mass is 9.74. The van der Waals surface area contributed by atoms with Crippen molar-refractivity contribution >= 4 is 29.4 Å². The number of carbonyl (C=O) groups is 3. The molecular formula is C22H27ClF2N4O5. The summed E-state index contributed by atoms with van der Waals surface area (Å²) < 4.78 is 37.8. The third-order valence-corrected chi connectivity index (χ3v) is 6.31. The molecule has 4 N–H and O–H groups in total. The quantitative estimate of drug-likeness (QED) is 0.398. The molecule has 1 aromatic rings. The summed E-state index contributed by atoms with van der Waals surface area (Å²) in [5.41, 5.74) is -2.26. The van der Waals surface area contributed by atoms with Crippen LogP contribution in [0.15, 0.2) is 29.1 Å². The first kappa shape index (κ1) is 25.7. The Morgan fingerprint density at radius 3 is 2.59 bits per heavy atom. The molecule has 0 aromatic heterocycles. The van der Waals surface area contributed by atoms with Crippen LogP contribution in [0.4, 0.5) is 8.78 Å². The second-order valence-corrected chi connectivity index (χ2v) is 8.92. The highest BCUT2D eigenvalue weighted by molar-refractivity contribution is 6.42. The Kier molecular flexibility index (Phi) is 7.67. The number of ether oxygens (including phenoxy) is 2. The summed E-state index contributed by atoms with van der Waals surface area (Å²) in [7, 11) is 0. The Labute approximate surface area is 200 Å². The van der Waals surface area contributed by atoms with Gasteiger partial charge in [-0.3, -0.25) is 14.4 Å². The van der Waals surface area contributed by atoms with Crippen LogP contribution in [-0.4, -0.2) is 48.7 Å². The average molecular weight is 501 g/mol. The highest BCUT2D eigenvalue weighted by Gasteiger charge is 2.59. The fourth-order valence-corrected chi connectivity index (χ4v) is 4.42. The minimum atomic E-state index is -1.27. The summed E-state index contributed by atoms with van der Waals surface area (Å²) in [6, 6.07) is 3.05. The van der Waals surface area contributed by atoms with E-state index in [4.69, 9.17) is 21.1 Å². The van der Waals surface area contributed by atoms with Crippen LogP contribution >= 0.6 is 11.6 Å². The molecule has 1 saturated heterocycles. The topological polar surface area (TPSA) is 118 Å². The van der Waals surface area contributed by atoms with E-state index >= 15 is 0 Å². The maximum Gasteiger partial charge on any atom is 0.303 e. The Bertz CT molecular complexity index is 1010. The van der Waals surface area contributed by atoms with Crippen LogP contribution in [0.1, 0.15) is 32.8 Å². The minimum Gasteiger partial charge on any atom is -0.473 e. The zero-order chi connectivity index (χ0) is 25.1. The molecule has 0 aliphatic carbocycles. The summed E-state index contributed by atoms with van der Waals surface area (Å²) >= 11 is 6.20. The second kappa shape index (κ2) is 10.1. The standard InChI is InChI=1S/C22H27ClF2N4O5/c1-12(2)22(21(6-7-26-11-21)27-17(31)10-33-13(3)30)28-19(32)18(23)20(29-22)34-9-14-4-5-15(24)8-16(14)25/h4-5,8,12,26,29H,6-7,9-11H2,1-3H3,(H,27,31)(H,28,32)/t21-,22?/m0/s1. The van der Waals surface area contributed by atoms with Gasteiger partial charge in [0.15, 0.2) is 11.6 Å². The molecular weight excluding hydrogens is 474 g/mol. The van der Waals surface area contributed by atoms with Gasteiger partial charge in [-0.25, -0.2) is 8.78 Å². The molecule has 0 saturated carbocycles. The number of hydrogen-bond donors (Lipinski definition) is 4. The first-order chi connectivity index (χ1) is 16.0. The normalized spacial score (nSPS) is 24.5. The third-order valence-electron chi connectivity index (χ3n) is 5.97. The molecule has 0 bridgehead atoms. The number of benzene rings is 1. The van der Waals surface area contributed by atoms with Crippen LogP contribution < -0.4 is 21.3 Å². The van der Waals surface area contributed by atoms with E-state index in [0.29, 0.717) is 13.0 Å². The molecule has 9 nitrogen and oxygen atoms in total. The van der Waals surface area contributed by atoms with Crippen molar-refractivity contribution in [3.05, 3.63) is 46.3 Å². The fraction of sp³-hybridized carbons (Fsp3) is 0.500. The van der Waals surface area contributed by atoms with Gasteiger partial charge in [0.25, 0.3) is 11.8 Å². The van der Waals surface area contributed by atoms with Crippen LogP contribution in [0.5, 0.6) is 0 Å². The second-order valence-electron chi connectivity index (χ2n) is 8.55. The van der Waals surface area contributed by atoms with E-state index in [0.717, 1.165) is 12.1 Å². The summed E-state index contributed by atoms with van der Waals surface area (Å²) in [5, 5.41) is 11.8. The predicted molar refractivity (Wildman–Crippen MR) is 118 cm³/mol. The molecule has 2 aliphatic rings. The summed E-state index contributed by atoms with van der Waals surface area (Å²) in [6.07, 6.45) is 0.418. The zero-order valence-electron chi connectivity index (χ0n) is 19.0. The van der Waals surface area contributed by atoms with Gasteiger partial charge < -0.3 is 30.7 Å². The van der Waals surface area contributed by atoms with Gasteiger partial charge in [-0.05, 0) is 31.0 Å². The van der Waals surface area contributed by atoms with Crippen molar-refractivity contribution in [1.82, 2.24) is 21.3 Å². The molecule has 2 amide bonds. The zero-order valence-corrected chi connectivity index (χ0v) is 19.8. The lowest BCUT2D eigenvalue weighted by molar-refractivity contribution is -0.147. The van der Waals surface area contributed by atoms with Crippen LogP contribution in [0.2, 0.25) is 0 Å². The van der Waals surface area contributed by atoms with E-state index in [2.05, 4.69) is 21.3 Å². The third kappa shape index (κ3) is 5.10. The Morgan fingerprint density at radius 2 is 2.00 bits per heavy atom.